The summed E-state index contributed by atoms with van der Waals surface area (Å²) in [6.07, 6.45) is -1.85. The Hall–Kier alpha value is -4.08. The smallest absolute Gasteiger partial charge is 0.303 e. The maximum atomic E-state index is 13.1. The molecule has 1 aliphatic rings. The molecule has 2 heterocycles. The number of aryl methyl sites for hydroxylation is 1. The predicted molar refractivity (Wildman–Crippen MR) is 119 cm³/mol. The van der Waals surface area contributed by atoms with Gasteiger partial charge in [0.1, 0.15) is 5.70 Å². The van der Waals surface area contributed by atoms with Crippen molar-refractivity contribution in [2.24, 2.45) is 0 Å². The van der Waals surface area contributed by atoms with Gasteiger partial charge in [0.2, 0.25) is 0 Å². The van der Waals surface area contributed by atoms with E-state index in [0.29, 0.717) is 23.4 Å². The van der Waals surface area contributed by atoms with Crippen LogP contribution in [0, 0.1) is 0 Å². The molecular formula is C24H21F3N4O3. The number of aromatic nitrogens is 2. The fraction of sp³-hybridized carbons (Fsp3) is 0.208. The predicted octanol–water partition coefficient (Wildman–Crippen LogP) is 4.23. The molecule has 1 fully saturated rings. The van der Waals surface area contributed by atoms with Crippen molar-refractivity contribution in [1.29, 1.82) is 0 Å². The van der Waals surface area contributed by atoms with Gasteiger partial charge in [0.15, 0.2) is 0 Å². The first-order valence-corrected chi connectivity index (χ1v) is 10.6. The van der Waals surface area contributed by atoms with Crippen LogP contribution in [0.25, 0.3) is 11.8 Å². The van der Waals surface area contributed by atoms with Crippen LogP contribution in [0.1, 0.15) is 35.7 Å². The molecule has 1 saturated heterocycles. The van der Waals surface area contributed by atoms with E-state index in [9.17, 15) is 27.6 Å². The van der Waals surface area contributed by atoms with Crippen molar-refractivity contribution < 1.29 is 22.8 Å². The standard InChI is InChI=1S/C24H21F3N4O3/c1-2-6-19-18(21(32)31(29-19)17-7-4-3-5-8-17)13-20-22(33)30(23(34)28-20)14-15-9-11-16(12-10-15)24(25,26)27/h3-5,7-13,29H,2,6,14H2,1H3,(H,28,34)/b20-13-. The van der Waals surface area contributed by atoms with Crippen LogP contribution < -0.4 is 10.9 Å². The van der Waals surface area contributed by atoms with Crippen molar-refractivity contribution in [2.75, 3.05) is 0 Å². The molecule has 34 heavy (non-hydrogen) atoms. The number of benzene rings is 2. The van der Waals surface area contributed by atoms with Crippen molar-refractivity contribution in [3.8, 4) is 5.69 Å². The summed E-state index contributed by atoms with van der Waals surface area (Å²) in [6, 6.07) is 12.4. The van der Waals surface area contributed by atoms with Gasteiger partial charge in [0, 0.05) is 5.69 Å². The molecular weight excluding hydrogens is 449 g/mol. The van der Waals surface area contributed by atoms with Crippen LogP contribution in [0.5, 0.6) is 0 Å². The fourth-order valence-electron chi connectivity index (χ4n) is 3.69. The van der Waals surface area contributed by atoms with Crippen LogP contribution in [0.4, 0.5) is 18.0 Å². The van der Waals surface area contributed by atoms with Gasteiger partial charge in [-0.15, -0.1) is 0 Å². The summed E-state index contributed by atoms with van der Waals surface area (Å²) in [5, 5.41) is 5.53. The van der Waals surface area contributed by atoms with E-state index in [1.54, 1.807) is 24.3 Å². The van der Waals surface area contributed by atoms with Crippen LogP contribution in [0.2, 0.25) is 0 Å². The minimum Gasteiger partial charge on any atom is -0.303 e. The number of hydrogen-bond donors (Lipinski definition) is 2. The van der Waals surface area contributed by atoms with Gasteiger partial charge in [0.25, 0.3) is 11.5 Å². The Labute approximate surface area is 192 Å². The number of alkyl halides is 3. The molecule has 4 rings (SSSR count). The highest BCUT2D eigenvalue weighted by Crippen LogP contribution is 2.29. The van der Waals surface area contributed by atoms with E-state index in [-0.39, 0.29) is 23.4 Å². The van der Waals surface area contributed by atoms with E-state index < -0.39 is 23.7 Å². The third kappa shape index (κ3) is 4.52. The number of H-pyrrole nitrogens is 1. The first-order valence-electron chi connectivity index (χ1n) is 10.6. The zero-order chi connectivity index (χ0) is 24.5. The molecule has 0 atom stereocenters. The summed E-state index contributed by atoms with van der Waals surface area (Å²) in [4.78, 5) is 39.3. The van der Waals surface area contributed by atoms with Gasteiger partial charge in [-0.2, -0.15) is 13.2 Å². The molecule has 0 unspecified atom stereocenters. The van der Waals surface area contributed by atoms with Crippen LogP contribution in [0.3, 0.4) is 0 Å². The van der Waals surface area contributed by atoms with E-state index >= 15 is 0 Å². The van der Waals surface area contributed by atoms with E-state index in [1.165, 1.54) is 22.9 Å². The maximum Gasteiger partial charge on any atom is 0.416 e. The van der Waals surface area contributed by atoms with Gasteiger partial charge >= 0.3 is 12.2 Å². The molecule has 2 aromatic carbocycles. The number of aromatic amines is 1. The third-order valence-electron chi connectivity index (χ3n) is 5.39. The zero-order valence-electron chi connectivity index (χ0n) is 18.1. The van der Waals surface area contributed by atoms with Gasteiger partial charge in [-0.1, -0.05) is 43.7 Å². The molecule has 1 aliphatic heterocycles. The summed E-state index contributed by atoms with van der Waals surface area (Å²) in [5.74, 6) is -0.667. The highest BCUT2D eigenvalue weighted by Gasteiger charge is 2.35. The average molecular weight is 470 g/mol. The monoisotopic (exact) mass is 470 g/mol. The molecule has 3 aromatic rings. The summed E-state index contributed by atoms with van der Waals surface area (Å²) in [6.45, 7) is 1.74. The number of urea groups is 1. The topological polar surface area (TPSA) is 87.2 Å². The number of nitrogens with zero attached hydrogens (tertiary/aromatic N) is 2. The Morgan fingerprint density at radius 1 is 0.971 bits per heavy atom. The molecule has 0 radical (unpaired) electrons. The SMILES string of the molecule is CCCc1[nH]n(-c2ccccc2)c(=O)c1/C=C1\NC(=O)N(Cc2ccc(C(F)(F)F)cc2)C1=O. The van der Waals surface area contributed by atoms with E-state index in [4.69, 9.17) is 0 Å². The number of hydrogen-bond acceptors (Lipinski definition) is 3. The average Bonchev–Trinajstić information content (AvgIpc) is 3.25. The summed E-state index contributed by atoms with van der Waals surface area (Å²) < 4.78 is 39.7. The van der Waals surface area contributed by atoms with Gasteiger partial charge in [-0.05, 0) is 42.3 Å². The number of rotatable bonds is 6. The van der Waals surface area contributed by atoms with Gasteiger partial charge in [-0.3, -0.25) is 19.6 Å². The van der Waals surface area contributed by atoms with Crippen LogP contribution in [-0.2, 0) is 23.9 Å². The molecule has 0 saturated carbocycles. The van der Waals surface area contributed by atoms with E-state index in [2.05, 4.69) is 10.4 Å². The van der Waals surface area contributed by atoms with Crippen LogP contribution >= 0.6 is 0 Å². The lowest BCUT2D eigenvalue weighted by molar-refractivity contribution is -0.137. The molecule has 0 spiro atoms. The minimum absolute atomic E-state index is 0.0782. The van der Waals surface area contributed by atoms with Gasteiger partial charge in [0.05, 0.1) is 23.4 Å². The zero-order valence-corrected chi connectivity index (χ0v) is 18.1. The largest absolute Gasteiger partial charge is 0.416 e. The first kappa shape index (κ1) is 23.1. The lowest BCUT2D eigenvalue weighted by atomic mass is 10.1. The number of nitrogens with one attached hydrogen (secondary N) is 2. The van der Waals surface area contributed by atoms with E-state index in [0.717, 1.165) is 23.5 Å². The second-order valence-corrected chi connectivity index (χ2v) is 7.80. The molecule has 1 aromatic heterocycles. The quantitative estimate of drug-likeness (QED) is 0.418. The molecule has 7 nitrogen and oxygen atoms in total. The highest BCUT2D eigenvalue weighted by atomic mass is 19.4. The second-order valence-electron chi connectivity index (χ2n) is 7.80. The highest BCUT2D eigenvalue weighted by molar-refractivity contribution is 6.13. The summed E-state index contributed by atoms with van der Waals surface area (Å²) in [7, 11) is 0. The molecule has 0 bridgehead atoms. The number of para-hydroxylation sites is 1. The van der Waals surface area contributed by atoms with Crippen molar-refractivity contribution >= 4 is 18.0 Å². The molecule has 3 amide bonds. The number of carbonyl (C=O) groups excluding carboxylic acids is 2. The van der Waals surface area contributed by atoms with Crippen molar-refractivity contribution in [1.82, 2.24) is 20.0 Å². The number of imide groups is 1. The minimum atomic E-state index is -4.48. The molecule has 0 aliphatic carbocycles. The maximum absolute atomic E-state index is 13.1. The van der Waals surface area contributed by atoms with Crippen molar-refractivity contribution in [3.05, 3.63) is 93.0 Å². The van der Waals surface area contributed by atoms with Gasteiger partial charge < -0.3 is 5.32 Å². The fourth-order valence-corrected chi connectivity index (χ4v) is 3.69. The van der Waals surface area contributed by atoms with E-state index in [1.807, 2.05) is 13.0 Å². The third-order valence-corrected chi connectivity index (χ3v) is 5.39. The molecule has 2 N–H and O–H groups in total. The van der Waals surface area contributed by atoms with Crippen molar-refractivity contribution in [3.63, 3.8) is 0 Å². The lowest BCUT2D eigenvalue weighted by Gasteiger charge is -2.13. The lowest BCUT2D eigenvalue weighted by Crippen LogP contribution is -2.30. The Bertz CT molecular complexity index is 1310. The Morgan fingerprint density at radius 2 is 1.65 bits per heavy atom. The molecule has 176 valence electrons. The summed E-state index contributed by atoms with van der Waals surface area (Å²) >= 11 is 0. The number of amides is 3. The second kappa shape index (κ2) is 9.05. The first-order chi connectivity index (χ1) is 16.2. The Kier molecular flexibility index (Phi) is 6.14. The van der Waals surface area contributed by atoms with Crippen LogP contribution in [-0.4, -0.2) is 26.6 Å². The van der Waals surface area contributed by atoms with Gasteiger partial charge in [-0.25, -0.2) is 9.48 Å². The number of halogens is 3. The molecule has 10 heteroatoms. The summed E-state index contributed by atoms with van der Waals surface area (Å²) in [5.41, 5.74) is 0.589. The Morgan fingerprint density at radius 3 is 2.26 bits per heavy atom. The normalized spacial score (nSPS) is 15.3. The Balaban J connectivity index is 1.62. The number of carbonyl (C=O) groups is 2. The van der Waals surface area contributed by atoms with Crippen molar-refractivity contribution in [2.45, 2.75) is 32.5 Å². The van der Waals surface area contributed by atoms with Crippen LogP contribution in [0.15, 0.2) is 65.1 Å².